The molecule has 1 aromatic rings. The molecule has 3 atom stereocenters. The molecule has 1 N–H and O–H groups in total. The topological polar surface area (TPSA) is 60.2 Å². The number of rotatable bonds is 7. The van der Waals surface area contributed by atoms with Gasteiger partial charge in [-0.1, -0.05) is 19.0 Å². The van der Waals surface area contributed by atoms with Gasteiger partial charge in [0.05, 0.1) is 6.10 Å². The van der Waals surface area contributed by atoms with Crippen LogP contribution in [0.5, 0.6) is 0 Å². The van der Waals surface area contributed by atoms with E-state index >= 15 is 0 Å². The summed E-state index contributed by atoms with van der Waals surface area (Å²) in [5.41, 5.74) is 0.251. The zero-order chi connectivity index (χ0) is 13.9. The minimum Gasteiger partial charge on any atom is -0.378 e. The summed E-state index contributed by atoms with van der Waals surface area (Å²) >= 11 is 0. The monoisotopic (exact) mass is 267 g/mol. The average molecular weight is 267 g/mol. The van der Waals surface area contributed by atoms with Crippen molar-refractivity contribution >= 4 is 0 Å². The van der Waals surface area contributed by atoms with Crippen molar-refractivity contribution < 1.29 is 9.26 Å². The Hall–Kier alpha value is -0.940. The number of nitrogens with one attached hydrogen (secondary N) is 1. The highest BCUT2D eigenvalue weighted by Crippen LogP contribution is 2.45. The second kappa shape index (κ2) is 6.01. The SMILES string of the molecule is CCOC1CC(NCCc2nc(C)no2)C1(C)CC. The van der Waals surface area contributed by atoms with Gasteiger partial charge in [0.25, 0.3) is 0 Å². The van der Waals surface area contributed by atoms with E-state index in [-0.39, 0.29) is 5.41 Å². The van der Waals surface area contributed by atoms with Crippen LogP contribution in [-0.2, 0) is 11.2 Å². The van der Waals surface area contributed by atoms with Crippen LogP contribution in [0.4, 0.5) is 0 Å². The summed E-state index contributed by atoms with van der Waals surface area (Å²) in [5, 5.41) is 7.39. The quantitative estimate of drug-likeness (QED) is 0.820. The molecule has 0 spiro atoms. The fourth-order valence-corrected chi connectivity index (χ4v) is 2.86. The molecule has 1 aliphatic rings. The molecule has 0 amide bonds. The molecule has 108 valence electrons. The van der Waals surface area contributed by atoms with Gasteiger partial charge in [-0.25, -0.2) is 0 Å². The van der Waals surface area contributed by atoms with Gasteiger partial charge in [0, 0.05) is 31.0 Å². The molecule has 0 saturated heterocycles. The van der Waals surface area contributed by atoms with Crippen molar-refractivity contribution in [2.45, 2.75) is 59.1 Å². The van der Waals surface area contributed by atoms with E-state index in [2.05, 4.69) is 36.2 Å². The number of hydrogen-bond donors (Lipinski definition) is 1. The lowest BCUT2D eigenvalue weighted by atomic mass is 9.61. The van der Waals surface area contributed by atoms with Crippen molar-refractivity contribution in [3.8, 4) is 0 Å². The van der Waals surface area contributed by atoms with Crippen LogP contribution in [-0.4, -0.2) is 35.4 Å². The maximum Gasteiger partial charge on any atom is 0.227 e. The Labute approximate surface area is 115 Å². The third kappa shape index (κ3) is 2.98. The lowest BCUT2D eigenvalue weighted by Gasteiger charge is -2.53. The summed E-state index contributed by atoms with van der Waals surface area (Å²) in [4.78, 5) is 4.21. The van der Waals surface area contributed by atoms with Crippen LogP contribution in [0.3, 0.4) is 0 Å². The number of ether oxygens (including phenoxy) is 1. The van der Waals surface area contributed by atoms with Crippen molar-refractivity contribution in [1.82, 2.24) is 15.5 Å². The lowest BCUT2D eigenvalue weighted by molar-refractivity contribution is -0.125. The molecule has 3 unspecified atom stereocenters. The lowest BCUT2D eigenvalue weighted by Crippen LogP contribution is -2.62. The van der Waals surface area contributed by atoms with Crippen LogP contribution in [0.15, 0.2) is 4.52 Å². The molecule has 0 aliphatic heterocycles. The van der Waals surface area contributed by atoms with Crippen LogP contribution in [0.25, 0.3) is 0 Å². The van der Waals surface area contributed by atoms with E-state index in [1.165, 1.54) is 0 Å². The fraction of sp³-hybridized carbons (Fsp3) is 0.857. The zero-order valence-corrected chi connectivity index (χ0v) is 12.4. The van der Waals surface area contributed by atoms with Gasteiger partial charge in [-0.15, -0.1) is 0 Å². The number of hydrogen-bond acceptors (Lipinski definition) is 5. The first-order chi connectivity index (χ1) is 9.10. The van der Waals surface area contributed by atoms with Crippen LogP contribution in [0.2, 0.25) is 0 Å². The van der Waals surface area contributed by atoms with E-state index in [9.17, 15) is 0 Å². The summed E-state index contributed by atoms with van der Waals surface area (Å²) in [6, 6.07) is 0.526. The summed E-state index contributed by atoms with van der Waals surface area (Å²) in [7, 11) is 0. The zero-order valence-electron chi connectivity index (χ0n) is 12.4. The van der Waals surface area contributed by atoms with Gasteiger partial charge in [0.1, 0.15) is 0 Å². The third-order valence-electron chi connectivity index (χ3n) is 4.41. The largest absolute Gasteiger partial charge is 0.378 e. The normalized spacial score (nSPS) is 30.3. The first kappa shape index (κ1) is 14.5. The Morgan fingerprint density at radius 2 is 2.26 bits per heavy atom. The maximum atomic E-state index is 5.80. The smallest absolute Gasteiger partial charge is 0.227 e. The van der Waals surface area contributed by atoms with Crippen LogP contribution in [0.1, 0.15) is 45.3 Å². The van der Waals surface area contributed by atoms with Crippen molar-refractivity contribution in [2.24, 2.45) is 5.41 Å². The van der Waals surface area contributed by atoms with Crippen molar-refractivity contribution in [3.63, 3.8) is 0 Å². The van der Waals surface area contributed by atoms with E-state index in [1.807, 2.05) is 6.92 Å². The Morgan fingerprint density at radius 1 is 1.47 bits per heavy atom. The molecule has 19 heavy (non-hydrogen) atoms. The van der Waals surface area contributed by atoms with Crippen LogP contribution in [0, 0.1) is 12.3 Å². The van der Waals surface area contributed by atoms with Crippen molar-refractivity contribution in [1.29, 1.82) is 0 Å². The number of nitrogens with zero attached hydrogens (tertiary/aromatic N) is 2. The summed E-state index contributed by atoms with van der Waals surface area (Å²) < 4.78 is 10.9. The molecule has 0 aromatic carbocycles. The Bertz CT molecular complexity index is 407. The number of aryl methyl sites for hydroxylation is 1. The highest BCUT2D eigenvalue weighted by Gasteiger charge is 2.50. The predicted molar refractivity (Wildman–Crippen MR) is 73.0 cm³/mol. The van der Waals surface area contributed by atoms with E-state index in [4.69, 9.17) is 9.26 Å². The summed E-state index contributed by atoms with van der Waals surface area (Å²) in [6.07, 6.45) is 3.41. The van der Waals surface area contributed by atoms with Gasteiger partial charge >= 0.3 is 0 Å². The second-order valence-corrected chi connectivity index (χ2v) is 5.53. The van der Waals surface area contributed by atoms with Crippen molar-refractivity contribution in [2.75, 3.05) is 13.2 Å². The van der Waals surface area contributed by atoms with Crippen molar-refractivity contribution in [3.05, 3.63) is 11.7 Å². The Morgan fingerprint density at radius 3 is 2.84 bits per heavy atom. The molecule has 2 rings (SSSR count). The number of aromatic nitrogens is 2. The molecule has 0 bridgehead atoms. The first-order valence-corrected chi connectivity index (χ1v) is 7.24. The van der Waals surface area contributed by atoms with Gasteiger partial charge in [-0.05, 0) is 26.7 Å². The van der Waals surface area contributed by atoms with Gasteiger partial charge in [0.2, 0.25) is 5.89 Å². The summed E-state index contributed by atoms with van der Waals surface area (Å²) in [6.45, 7) is 10.1. The van der Waals surface area contributed by atoms with Gasteiger partial charge < -0.3 is 14.6 Å². The second-order valence-electron chi connectivity index (χ2n) is 5.53. The molecule has 1 heterocycles. The molecular formula is C14H25N3O2. The highest BCUT2D eigenvalue weighted by atomic mass is 16.5. The minimum atomic E-state index is 0.251. The average Bonchev–Trinajstić information content (AvgIpc) is 2.81. The van der Waals surface area contributed by atoms with Gasteiger partial charge in [-0.2, -0.15) is 4.98 Å². The van der Waals surface area contributed by atoms with Crippen LogP contribution >= 0.6 is 0 Å². The van der Waals surface area contributed by atoms with Crippen LogP contribution < -0.4 is 5.32 Å². The molecule has 5 nitrogen and oxygen atoms in total. The molecule has 5 heteroatoms. The highest BCUT2D eigenvalue weighted by molar-refractivity contribution is 5.04. The van der Waals surface area contributed by atoms with E-state index in [0.717, 1.165) is 32.4 Å². The molecule has 1 fully saturated rings. The standard InChI is InChI=1S/C14H25N3O2/c1-5-14(4)11(9-12(14)18-6-2)15-8-7-13-16-10(3)17-19-13/h11-12,15H,5-9H2,1-4H3. The van der Waals surface area contributed by atoms with Gasteiger partial charge in [0.15, 0.2) is 5.82 Å². The maximum absolute atomic E-state index is 5.80. The molecule has 0 radical (unpaired) electrons. The van der Waals surface area contributed by atoms with E-state index in [0.29, 0.717) is 23.9 Å². The first-order valence-electron chi connectivity index (χ1n) is 7.24. The minimum absolute atomic E-state index is 0.251. The fourth-order valence-electron chi connectivity index (χ4n) is 2.86. The molecule has 1 aliphatic carbocycles. The molecular weight excluding hydrogens is 242 g/mol. The van der Waals surface area contributed by atoms with E-state index in [1.54, 1.807) is 0 Å². The van der Waals surface area contributed by atoms with Gasteiger partial charge in [-0.3, -0.25) is 0 Å². The molecule has 1 saturated carbocycles. The predicted octanol–water partition coefficient (Wildman–Crippen LogP) is 2.10. The van der Waals surface area contributed by atoms with E-state index < -0.39 is 0 Å². The summed E-state index contributed by atoms with van der Waals surface area (Å²) in [5.74, 6) is 1.41. The molecule has 1 aromatic heterocycles. The Balaban J connectivity index is 1.77. The third-order valence-corrected chi connectivity index (χ3v) is 4.41. The Kier molecular flexibility index (Phi) is 4.58.